The predicted octanol–water partition coefficient (Wildman–Crippen LogP) is 9.11. The van der Waals surface area contributed by atoms with Gasteiger partial charge in [0.05, 0.1) is 17.8 Å². The number of nitrogens with one attached hydrogen (secondary N) is 2. The second-order valence-corrected chi connectivity index (χ2v) is 11.7. The standard InChI is InChI=1S/C40H33F4N5O/c1-26(50)47-39(28-7-11-31(42)12-8-28)40(29-15-20-45-21-16-29)48-36-4-2-3-35(44)38(36)34-14-13-32(43)25-37(34)49(33-17-22-46-23-18-33)24-19-27-5-9-30(41)10-6-27/h2-18,20-23,25,39-40,48H,19,24H2,1H3,(H,47,50). The number of aromatic nitrogens is 2. The van der Waals surface area contributed by atoms with E-state index < -0.39 is 29.5 Å². The Bertz CT molecular complexity index is 2050. The summed E-state index contributed by atoms with van der Waals surface area (Å²) in [6.07, 6.45) is 6.93. The number of amides is 1. The van der Waals surface area contributed by atoms with Gasteiger partial charge in [-0.25, -0.2) is 17.6 Å². The molecule has 6 nitrogen and oxygen atoms in total. The number of halogens is 4. The molecule has 0 bridgehead atoms. The van der Waals surface area contributed by atoms with Gasteiger partial charge < -0.3 is 15.5 Å². The number of carbonyl (C=O) groups excluding carboxylic acids is 1. The molecule has 2 aromatic heterocycles. The minimum Gasteiger partial charge on any atom is -0.375 e. The molecule has 1 amide bonds. The highest BCUT2D eigenvalue weighted by molar-refractivity contribution is 5.89. The van der Waals surface area contributed by atoms with E-state index in [2.05, 4.69) is 20.6 Å². The Morgan fingerprint density at radius 3 is 1.96 bits per heavy atom. The smallest absolute Gasteiger partial charge is 0.217 e. The average Bonchev–Trinajstić information content (AvgIpc) is 3.12. The first-order valence-corrected chi connectivity index (χ1v) is 16.0. The van der Waals surface area contributed by atoms with Gasteiger partial charge in [-0.1, -0.05) is 30.3 Å². The highest BCUT2D eigenvalue weighted by Crippen LogP contribution is 2.43. The molecule has 10 heteroatoms. The van der Waals surface area contributed by atoms with Crippen molar-refractivity contribution < 1.29 is 22.4 Å². The molecule has 0 spiro atoms. The summed E-state index contributed by atoms with van der Waals surface area (Å²) in [5.41, 5.74) is 4.21. The van der Waals surface area contributed by atoms with Crippen LogP contribution in [0.1, 0.15) is 35.7 Å². The highest BCUT2D eigenvalue weighted by Gasteiger charge is 2.28. The van der Waals surface area contributed by atoms with Gasteiger partial charge in [0.1, 0.15) is 23.3 Å². The van der Waals surface area contributed by atoms with E-state index >= 15 is 8.78 Å². The molecule has 0 radical (unpaired) electrons. The average molecular weight is 676 g/mol. The summed E-state index contributed by atoms with van der Waals surface area (Å²) >= 11 is 0. The van der Waals surface area contributed by atoms with Crippen molar-refractivity contribution in [3.63, 3.8) is 0 Å². The maximum Gasteiger partial charge on any atom is 0.217 e. The number of nitrogens with zero attached hydrogens (tertiary/aromatic N) is 3. The SMILES string of the molecule is CC(=O)NC(c1ccc(F)cc1)C(Nc1cccc(F)c1-c1ccc(F)cc1N(CCc1ccc(F)cc1)c1ccncc1)c1ccncc1. The monoisotopic (exact) mass is 675 g/mol. The number of rotatable bonds is 12. The third-order valence-electron chi connectivity index (χ3n) is 8.34. The van der Waals surface area contributed by atoms with E-state index in [0.717, 1.165) is 11.1 Å². The number of hydrogen-bond acceptors (Lipinski definition) is 5. The van der Waals surface area contributed by atoms with Crippen LogP contribution in [0.25, 0.3) is 11.1 Å². The van der Waals surface area contributed by atoms with E-state index in [9.17, 15) is 13.6 Å². The lowest BCUT2D eigenvalue weighted by atomic mass is 9.92. The van der Waals surface area contributed by atoms with Crippen molar-refractivity contribution in [2.24, 2.45) is 0 Å². The maximum atomic E-state index is 16.3. The number of anilines is 3. The van der Waals surface area contributed by atoms with Gasteiger partial charge in [-0.15, -0.1) is 0 Å². The topological polar surface area (TPSA) is 70.2 Å². The summed E-state index contributed by atoms with van der Waals surface area (Å²) in [5, 5.41) is 6.45. The van der Waals surface area contributed by atoms with Crippen LogP contribution in [-0.4, -0.2) is 22.4 Å². The number of hydrogen-bond donors (Lipinski definition) is 2. The fourth-order valence-corrected chi connectivity index (χ4v) is 6.01. The summed E-state index contributed by atoms with van der Waals surface area (Å²) in [4.78, 5) is 22.7. The zero-order chi connectivity index (χ0) is 35.0. The van der Waals surface area contributed by atoms with Crippen molar-refractivity contribution in [2.75, 3.05) is 16.8 Å². The summed E-state index contributed by atoms with van der Waals surface area (Å²) in [5.74, 6) is -2.20. The summed E-state index contributed by atoms with van der Waals surface area (Å²) in [6, 6.07) is 26.4. The molecule has 2 N–H and O–H groups in total. The van der Waals surface area contributed by atoms with Gasteiger partial charge in [-0.3, -0.25) is 14.8 Å². The molecule has 4 aromatic carbocycles. The fourth-order valence-electron chi connectivity index (χ4n) is 6.01. The van der Waals surface area contributed by atoms with Crippen molar-refractivity contribution in [2.45, 2.75) is 25.4 Å². The van der Waals surface area contributed by atoms with Gasteiger partial charge in [0, 0.05) is 60.8 Å². The lowest BCUT2D eigenvalue weighted by Crippen LogP contribution is -2.34. The first-order chi connectivity index (χ1) is 24.3. The van der Waals surface area contributed by atoms with Crippen molar-refractivity contribution in [1.82, 2.24) is 15.3 Å². The second-order valence-electron chi connectivity index (χ2n) is 11.7. The van der Waals surface area contributed by atoms with E-state index in [1.54, 1.807) is 85.5 Å². The lowest BCUT2D eigenvalue weighted by Gasteiger charge is -2.32. The molecular formula is C40H33F4N5O. The van der Waals surface area contributed by atoms with Gasteiger partial charge in [0.25, 0.3) is 0 Å². The zero-order valence-electron chi connectivity index (χ0n) is 27.0. The van der Waals surface area contributed by atoms with Gasteiger partial charge in [-0.05, 0) is 102 Å². The molecule has 6 aromatic rings. The second kappa shape index (κ2) is 15.5. The van der Waals surface area contributed by atoms with Crippen LogP contribution in [0.3, 0.4) is 0 Å². The largest absolute Gasteiger partial charge is 0.375 e. The van der Waals surface area contributed by atoms with Crippen molar-refractivity contribution in [3.05, 3.63) is 174 Å². The molecule has 2 unspecified atom stereocenters. The molecule has 0 saturated heterocycles. The lowest BCUT2D eigenvalue weighted by molar-refractivity contribution is -0.119. The Morgan fingerprint density at radius 1 is 0.700 bits per heavy atom. The molecule has 0 fully saturated rings. The predicted molar refractivity (Wildman–Crippen MR) is 187 cm³/mol. The van der Waals surface area contributed by atoms with Crippen LogP contribution in [0.15, 0.2) is 134 Å². The third-order valence-corrected chi connectivity index (χ3v) is 8.34. The highest BCUT2D eigenvalue weighted by atomic mass is 19.1. The third kappa shape index (κ3) is 7.98. The van der Waals surface area contributed by atoms with Crippen molar-refractivity contribution in [3.8, 4) is 11.1 Å². The molecule has 2 heterocycles. The van der Waals surface area contributed by atoms with Crippen LogP contribution in [0, 0.1) is 23.3 Å². The van der Waals surface area contributed by atoms with Gasteiger partial charge in [0.15, 0.2) is 0 Å². The first kappa shape index (κ1) is 33.9. The molecule has 0 saturated carbocycles. The van der Waals surface area contributed by atoms with E-state index in [-0.39, 0.29) is 17.3 Å². The summed E-state index contributed by atoms with van der Waals surface area (Å²) in [6.45, 7) is 1.73. The minimum absolute atomic E-state index is 0.170. The Morgan fingerprint density at radius 2 is 1.30 bits per heavy atom. The molecule has 252 valence electrons. The first-order valence-electron chi connectivity index (χ1n) is 16.0. The summed E-state index contributed by atoms with van der Waals surface area (Å²) < 4.78 is 59.1. The van der Waals surface area contributed by atoms with Crippen molar-refractivity contribution >= 4 is 23.0 Å². The molecule has 2 atom stereocenters. The van der Waals surface area contributed by atoms with Crippen LogP contribution < -0.4 is 15.5 Å². The number of carbonyl (C=O) groups is 1. The van der Waals surface area contributed by atoms with E-state index in [4.69, 9.17) is 0 Å². The molecule has 0 aliphatic rings. The van der Waals surface area contributed by atoms with Crippen LogP contribution in [0.2, 0.25) is 0 Å². The Labute approximate surface area is 287 Å². The van der Waals surface area contributed by atoms with Crippen LogP contribution in [-0.2, 0) is 11.2 Å². The Balaban J connectivity index is 1.48. The zero-order valence-corrected chi connectivity index (χ0v) is 27.0. The van der Waals surface area contributed by atoms with E-state index in [0.29, 0.717) is 41.2 Å². The molecule has 6 rings (SSSR count). The molecule has 50 heavy (non-hydrogen) atoms. The number of benzene rings is 4. The van der Waals surface area contributed by atoms with Crippen molar-refractivity contribution in [1.29, 1.82) is 0 Å². The maximum absolute atomic E-state index is 16.3. The van der Waals surface area contributed by atoms with Crippen LogP contribution in [0.4, 0.5) is 34.6 Å². The van der Waals surface area contributed by atoms with Gasteiger partial charge >= 0.3 is 0 Å². The van der Waals surface area contributed by atoms with Gasteiger partial charge in [0.2, 0.25) is 5.91 Å². The number of pyridine rings is 2. The Kier molecular flexibility index (Phi) is 10.5. The van der Waals surface area contributed by atoms with Gasteiger partial charge in [-0.2, -0.15) is 0 Å². The molecule has 0 aliphatic carbocycles. The minimum atomic E-state index is -0.719. The molecule has 0 aliphatic heterocycles. The van der Waals surface area contributed by atoms with Crippen LogP contribution in [0.5, 0.6) is 0 Å². The van der Waals surface area contributed by atoms with Crippen LogP contribution >= 0.6 is 0 Å². The quantitative estimate of drug-likeness (QED) is 0.127. The normalized spacial score (nSPS) is 12.2. The molecular weight excluding hydrogens is 642 g/mol. The van der Waals surface area contributed by atoms with E-state index in [1.807, 2.05) is 4.90 Å². The summed E-state index contributed by atoms with van der Waals surface area (Å²) in [7, 11) is 0. The van der Waals surface area contributed by atoms with E-state index in [1.165, 1.54) is 55.5 Å². The fraction of sp³-hybridized carbons (Fsp3) is 0.125. The Hall–Kier alpha value is -6.03.